The number of carbonyl (C=O) groups is 1. The first kappa shape index (κ1) is 16.6. The molecule has 0 aliphatic carbocycles. The Morgan fingerprint density at radius 1 is 1.50 bits per heavy atom. The Morgan fingerprint density at radius 3 is 2.59 bits per heavy atom. The van der Waals surface area contributed by atoms with Gasteiger partial charge in [-0.05, 0) is 24.6 Å². The van der Waals surface area contributed by atoms with Crippen LogP contribution in [0.2, 0.25) is 5.02 Å². The fraction of sp³-hybridized carbons (Fsp3) is 0.429. The van der Waals surface area contributed by atoms with E-state index in [2.05, 4.69) is 9.84 Å². The molecule has 1 amide bonds. The number of halogens is 3. The highest BCUT2D eigenvalue weighted by molar-refractivity contribution is 6.30. The average molecular weight is 333 g/mol. The molecule has 0 saturated heterocycles. The van der Waals surface area contributed by atoms with E-state index in [1.807, 2.05) is 0 Å². The zero-order valence-electron chi connectivity index (χ0n) is 12.0. The lowest BCUT2D eigenvalue weighted by Crippen LogP contribution is -2.57. The van der Waals surface area contributed by atoms with Crippen molar-refractivity contribution in [3.63, 3.8) is 0 Å². The van der Waals surface area contributed by atoms with Crippen molar-refractivity contribution < 1.29 is 23.4 Å². The van der Waals surface area contributed by atoms with E-state index in [-0.39, 0.29) is 12.3 Å². The molecule has 22 heavy (non-hydrogen) atoms. The smallest absolute Gasteiger partial charge is 0.433 e. The van der Waals surface area contributed by atoms with E-state index in [1.165, 1.54) is 6.92 Å². The Balaban J connectivity index is 2.40. The Hall–Kier alpha value is -1.73. The van der Waals surface area contributed by atoms with E-state index >= 15 is 0 Å². The Morgan fingerprint density at radius 2 is 2.09 bits per heavy atom. The molecule has 1 aliphatic rings. The molecular weight excluding hydrogens is 318 g/mol. The maximum Gasteiger partial charge on any atom is 0.433 e. The van der Waals surface area contributed by atoms with Gasteiger partial charge < -0.3 is 9.84 Å². The first-order valence-corrected chi connectivity index (χ1v) is 6.97. The maximum absolute atomic E-state index is 13.8. The zero-order valence-corrected chi connectivity index (χ0v) is 12.8. The highest BCUT2D eigenvalue weighted by Crippen LogP contribution is 2.40. The summed E-state index contributed by atoms with van der Waals surface area (Å²) >= 11 is 5.77. The normalized spacial score (nSPS) is 21.7. The zero-order chi connectivity index (χ0) is 16.5. The number of benzene rings is 1. The minimum atomic E-state index is -3.59. The third kappa shape index (κ3) is 2.91. The SMILES string of the molecule is CCOC(=O)N1N=C(c2ccc(Cl)cc2)C[C@@]1(O)C(C)(F)F. The van der Waals surface area contributed by atoms with E-state index in [4.69, 9.17) is 11.6 Å². The number of hydrazone groups is 1. The van der Waals surface area contributed by atoms with Crippen LogP contribution in [0.25, 0.3) is 0 Å². The van der Waals surface area contributed by atoms with Gasteiger partial charge in [0.15, 0.2) is 0 Å². The summed E-state index contributed by atoms with van der Waals surface area (Å²) in [6.45, 7) is 2.03. The molecule has 1 atom stereocenters. The summed E-state index contributed by atoms with van der Waals surface area (Å²) in [5.41, 5.74) is -2.14. The van der Waals surface area contributed by atoms with Crippen LogP contribution in [0.3, 0.4) is 0 Å². The van der Waals surface area contributed by atoms with Gasteiger partial charge in [0.25, 0.3) is 5.92 Å². The van der Waals surface area contributed by atoms with Crippen LogP contribution in [0, 0.1) is 0 Å². The van der Waals surface area contributed by atoms with Gasteiger partial charge in [0.1, 0.15) is 0 Å². The molecule has 120 valence electrons. The second kappa shape index (κ2) is 5.81. The summed E-state index contributed by atoms with van der Waals surface area (Å²) in [6, 6.07) is 6.28. The minimum Gasteiger partial charge on any atom is -0.448 e. The Labute approximate surface area is 131 Å². The molecule has 5 nitrogen and oxygen atoms in total. The molecule has 0 fully saturated rings. The highest BCUT2D eigenvalue weighted by atomic mass is 35.5. The number of ether oxygens (including phenoxy) is 1. The van der Waals surface area contributed by atoms with Crippen LogP contribution in [0.15, 0.2) is 29.4 Å². The molecule has 1 N–H and O–H groups in total. The second-order valence-corrected chi connectivity index (χ2v) is 5.38. The predicted octanol–water partition coefficient (Wildman–Crippen LogP) is 3.25. The Bertz CT molecular complexity index is 601. The van der Waals surface area contributed by atoms with Crippen LogP contribution in [0.5, 0.6) is 0 Å². The molecule has 8 heteroatoms. The number of rotatable bonds is 3. The first-order chi connectivity index (χ1) is 10.2. The van der Waals surface area contributed by atoms with Crippen molar-refractivity contribution in [1.29, 1.82) is 0 Å². The molecule has 0 aromatic heterocycles. The topological polar surface area (TPSA) is 62.1 Å². The highest BCUT2D eigenvalue weighted by Gasteiger charge is 2.59. The number of hydrogen-bond donors (Lipinski definition) is 1. The number of hydrogen-bond acceptors (Lipinski definition) is 4. The van der Waals surface area contributed by atoms with Gasteiger partial charge in [-0.1, -0.05) is 23.7 Å². The molecule has 2 rings (SSSR count). The van der Waals surface area contributed by atoms with Crippen LogP contribution in [0.4, 0.5) is 13.6 Å². The van der Waals surface area contributed by atoms with Gasteiger partial charge in [0.2, 0.25) is 5.72 Å². The summed E-state index contributed by atoms with van der Waals surface area (Å²) in [5, 5.41) is 14.9. The van der Waals surface area contributed by atoms with Crippen molar-refractivity contribution in [2.45, 2.75) is 31.9 Å². The van der Waals surface area contributed by atoms with E-state index in [9.17, 15) is 18.7 Å². The molecule has 0 saturated carbocycles. The third-order valence-electron chi connectivity index (χ3n) is 3.31. The molecule has 1 aliphatic heterocycles. The van der Waals surface area contributed by atoms with Crippen molar-refractivity contribution in [2.75, 3.05) is 6.61 Å². The fourth-order valence-electron chi connectivity index (χ4n) is 2.07. The lowest BCUT2D eigenvalue weighted by atomic mass is 9.97. The van der Waals surface area contributed by atoms with Crippen molar-refractivity contribution in [3.8, 4) is 0 Å². The summed E-state index contributed by atoms with van der Waals surface area (Å²) < 4.78 is 32.3. The van der Waals surface area contributed by atoms with Crippen molar-refractivity contribution in [1.82, 2.24) is 5.01 Å². The van der Waals surface area contributed by atoms with Crippen LogP contribution in [-0.4, -0.2) is 40.2 Å². The van der Waals surface area contributed by atoms with Crippen LogP contribution < -0.4 is 0 Å². The molecule has 1 aromatic rings. The van der Waals surface area contributed by atoms with Gasteiger partial charge in [0.05, 0.1) is 12.3 Å². The second-order valence-electron chi connectivity index (χ2n) is 4.95. The number of aliphatic hydroxyl groups is 1. The van der Waals surface area contributed by atoms with Crippen molar-refractivity contribution in [3.05, 3.63) is 34.9 Å². The van der Waals surface area contributed by atoms with E-state index < -0.39 is 24.2 Å². The summed E-state index contributed by atoms with van der Waals surface area (Å²) in [5.74, 6) is -3.59. The minimum absolute atomic E-state index is 0.0213. The van der Waals surface area contributed by atoms with Gasteiger partial charge in [-0.25, -0.2) is 13.6 Å². The van der Waals surface area contributed by atoms with Crippen molar-refractivity contribution in [2.24, 2.45) is 5.10 Å². The molecule has 0 spiro atoms. The van der Waals surface area contributed by atoms with Crippen molar-refractivity contribution >= 4 is 23.4 Å². The van der Waals surface area contributed by atoms with Gasteiger partial charge >= 0.3 is 6.09 Å². The number of carbonyl (C=O) groups excluding carboxylic acids is 1. The van der Waals surface area contributed by atoms with Gasteiger partial charge in [0, 0.05) is 18.4 Å². The monoisotopic (exact) mass is 332 g/mol. The predicted molar refractivity (Wildman–Crippen MR) is 77.0 cm³/mol. The third-order valence-corrected chi connectivity index (χ3v) is 3.56. The maximum atomic E-state index is 13.8. The number of amides is 1. The van der Waals surface area contributed by atoms with Gasteiger partial charge in [-0.3, -0.25) is 0 Å². The summed E-state index contributed by atoms with van der Waals surface area (Å²) in [4.78, 5) is 11.8. The summed E-state index contributed by atoms with van der Waals surface area (Å²) in [7, 11) is 0. The average Bonchev–Trinajstić information content (AvgIpc) is 2.79. The van der Waals surface area contributed by atoms with E-state index in [0.29, 0.717) is 22.5 Å². The molecule has 0 unspecified atom stereocenters. The fourth-order valence-corrected chi connectivity index (χ4v) is 2.19. The van der Waals surface area contributed by atoms with Crippen LogP contribution in [-0.2, 0) is 4.74 Å². The molecule has 1 aromatic carbocycles. The Kier molecular flexibility index (Phi) is 4.39. The van der Waals surface area contributed by atoms with E-state index in [0.717, 1.165) is 0 Å². The van der Waals surface area contributed by atoms with Gasteiger partial charge in [-0.2, -0.15) is 10.1 Å². The first-order valence-electron chi connectivity index (χ1n) is 6.59. The summed E-state index contributed by atoms with van der Waals surface area (Å²) in [6.07, 6.45) is -1.65. The molecule has 1 heterocycles. The number of nitrogens with zero attached hydrogens (tertiary/aromatic N) is 2. The van der Waals surface area contributed by atoms with Gasteiger partial charge in [-0.15, -0.1) is 0 Å². The standard InChI is InChI=1S/C14H15ClF2N2O3/c1-3-22-12(20)19-14(21,13(2,16)17)8-11(18-19)9-4-6-10(15)7-5-9/h4-7,21H,3,8H2,1-2H3/t14-/m1/s1. The molecule has 0 radical (unpaired) electrons. The molecular formula is C14H15ClF2N2O3. The van der Waals surface area contributed by atoms with Crippen LogP contribution >= 0.6 is 11.6 Å². The molecule has 0 bridgehead atoms. The quantitative estimate of drug-likeness (QED) is 0.924. The largest absolute Gasteiger partial charge is 0.448 e. The van der Waals surface area contributed by atoms with E-state index in [1.54, 1.807) is 24.3 Å². The lowest BCUT2D eigenvalue weighted by molar-refractivity contribution is -0.226. The van der Waals surface area contributed by atoms with Crippen LogP contribution in [0.1, 0.15) is 25.8 Å². The number of alkyl halides is 2. The lowest BCUT2D eigenvalue weighted by Gasteiger charge is -2.34.